The molecule has 1 aromatic carbocycles. The topological polar surface area (TPSA) is 66.5 Å². The SMILES string of the molecule is Cc1cccc(NC(C)C(=O)N(C)C2CCS(=O)(=O)C2)c1. The van der Waals surface area contributed by atoms with Crippen molar-refractivity contribution in [2.75, 3.05) is 23.9 Å². The Hall–Kier alpha value is -1.56. The van der Waals surface area contributed by atoms with Crippen LogP contribution in [0, 0.1) is 6.92 Å². The molecule has 1 aliphatic rings. The lowest BCUT2D eigenvalue weighted by Gasteiger charge is -2.27. The summed E-state index contributed by atoms with van der Waals surface area (Å²) in [5.74, 6) is 0.167. The Morgan fingerprint density at radius 3 is 2.71 bits per heavy atom. The minimum Gasteiger partial charge on any atom is -0.374 e. The van der Waals surface area contributed by atoms with Gasteiger partial charge in [-0.3, -0.25) is 4.79 Å². The maximum absolute atomic E-state index is 12.4. The second-order valence-corrected chi connectivity index (χ2v) is 7.97. The Morgan fingerprint density at radius 2 is 2.14 bits per heavy atom. The van der Waals surface area contributed by atoms with E-state index in [-0.39, 0.29) is 29.5 Å². The van der Waals surface area contributed by atoms with Crippen LogP contribution in [0.15, 0.2) is 24.3 Å². The molecule has 1 N–H and O–H groups in total. The van der Waals surface area contributed by atoms with Gasteiger partial charge in [-0.2, -0.15) is 0 Å². The lowest BCUT2D eigenvalue weighted by Crippen LogP contribution is -2.45. The second-order valence-electron chi connectivity index (χ2n) is 5.74. The summed E-state index contributed by atoms with van der Waals surface area (Å²) in [7, 11) is -1.30. The number of amides is 1. The van der Waals surface area contributed by atoms with E-state index in [0.717, 1.165) is 11.3 Å². The highest BCUT2D eigenvalue weighted by Crippen LogP contribution is 2.18. The molecule has 1 fully saturated rings. The number of hydrogen-bond acceptors (Lipinski definition) is 4. The zero-order valence-corrected chi connectivity index (χ0v) is 13.5. The Kier molecular flexibility index (Phi) is 4.56. The molecule has 0 spiro atoms. The van der Waals surface area contributed by atoms with Gasteiger partial charge in [0.15, 0.2) is 9.84 Å². The number of anilines is 1. The van der Waals surface area contributed by atoms with Gasteiger partial charge in [-0.25, -0.2) is 8.42 Å². The summed E-state index contributed by atoms with van der Waals surface area (Å²) < 4.78 is 23.0. The lowest BCUT2D eigenvalue weighted by atomic mass is 10.1. The largest absolute Gasteiger partial charge is 0.374 e. The van der Waals surface area contributed by atoms with Crippen LogP contribution in [0.3, 0.4) is 0 Å². The molecule has 1 heterocycles. The lowest BCUT2D eigenvalue weighted by molar-refractivity contribution is -0.132. The van der Waals surface area contributed by atoms with Gasteiger partial charge in [0, 0.05) is 18.8 Å². The highest BCUT2D eigenvalue weighted by Gasteiger charge is 2.33. The van der Waals surface area contributed by atoms with E-state index in [2.05, 4.69) is 5.32 Å². The summed E-state index contributed by atoms with van der Waals surface area (Å²) in [6.45, 7) is 3.79. The minimum absolute atomic E-state index is 0.0758. The van der Waals surface area contributed by atoms with Crippen molar-refractivity contribution in [3.05, 3.63) is 29.8 Å². The first-order valence-electron chi connectivity index (χ1n) is 7.09. The Morgan fingerprint density at radius 1 is 1.43 bits per heavy atom. The van der Waals surface area contributed by atoms with Crippen LogP contribution in [0.4, 0.5) is 5.69 Å². The fraction of sp³-hybridized carbons (Fsp3) is 0.533. The van der Waals surface area contributed by atoms with Crippen molar-refractivity contribution in [2.24, 2.45) is 0 Å². The van der Waals surface area contributed by atoms with Crippen LogP contribution >= 0.6 is 0 Å². The molecule has 0 aliphatic carbocycles. The van der Waals surface area contributed by atoms with Crippen molar-refractivity contribution >= 4 is 21.4 Å². The number of hydrogen-bond donors (Lipinski definition) is 1. The first-order valence-corrected chi connectivity index (χ1v) is 8.91. The van der Waals surface area contributed by atoms with E-state index in [1.54, 1.807) is 18.9 Å². The number of sulfone groups is 1. The van der Waals surface area contributed by atoms with Gasteiger partial charge in [-0.15, -0.1) is 0 Å². The molecule has 2 unspecified atom stereocenters. The highest BCUT2D eigenvalue weighted by molar-refractivity contribution is 7.91. The summed E-state index contributed by atoms with van der Waals surface area (Å²) in [4.78, 5) is 14.0. The number of carbonyl (C=O) groups is 1. The average Bonchev–Trinajstić information content (AvgIpc) is 2.77. The molecule has 1 aliphatic heterocycles. The van der Waals surface area contributed by atoms with E-state index in [1.165, 1.54) is 0 Å². The highest BCUT2D eigenvalue weighted by atomic mass is 32.2. The standard InChI is InChI=1S/C15H22N2O3S/c1-11-5-4-6-13(9-11)16-12(2)15(18)17(3)14-7-8-21(19,20)10-14/h4-6,9,12,14,16H,7-8,10H2,1-3H3. The van der Waals surface area contributed by atoms with Crippen LogP contribution in [0.2, 0.25) is 0 Å². The van der Waals surface area contributed by atoms with Crippen LogP contribution in [-0.2, 0) is 14.6 Å². The van der Waals surface area contributed by atoms with Gasteiger partial charge in [0.2, 0.25) is 5.91 Å². The second kappa shape index (κ2) is 6.05. The maximum atomic E-state index is 12.4. The van der Waals surface area contributed by atoms with Crippen molar-refractivity contribution < 1.29 is 13.2 Å². The smallest absolute Gasteiger partial charge is 0.244 e. The van der Waals surface area contributed by atoms with Gasteiger partial charge in [0.1, 0.15) is 6.04 Å². The average molecular weight is 310 g/mol. The van der Waals surface area contributed by atoms with Crippen molar-refractivity contribution in [2.45, 2.75) is 32.4 Å². The fourth-order valence-electron chi connectivity index (χ4n) is 2.61. The molecule has 1 saturated heterocycles. The molecule has 2 rings (SSSR count). The van der Waals surface area contributed by atoms with Gasteiger partial charge in [-0.05, 0) is 38.0 Å². The molecule has 0 bridgehead atoms. The van der Waals surface area contributed by atoms with Gasteiger partial charge in [0.05, 0.1) is 11.5 Å². The predicted molar refractivity (Wildman–Crippen MR) is 84.1 cm³/mol. The van der Waals surface area contributed by atoms with Crippen molar-refractivity contribution in [1.29, 1.82) is 0 Å². The molecule has 0 saturated carbocycles. The van der Waals surface area contributed by atoms with Crippen molar-refractivity contribution in [3.63, 3.8) is 0 Å². The van der Waals surface area contributed by atoms with E-state index >= 15 is 0 Å². The molecule has 6 heteroatoms. The predicted octanol–water partition coefficient (Wildman–Crippen LogP) is 1.44. The number of rotatable bonds is 4. The first-order chi connectivity index (χ1) is 9.78. The number of aryl methyl sites for hydroxylation is 1. The molecular formula is C15H22N2O3S. The molecule has 1 amide bonds. The maximum Gasteiger partial charge on any atom is 0.244 e. The summed E-state index contributed by atoms with van der Waals surface area (Å²) in [5, 5.41) is 3.17. The quantitative estimate of drug-likeness (QED) is 0.914. The van der Waals surface area contributed by atoms with Gasteiger partial charge in [-0.1, -0.05) is 12.1 Å². The zero-order valence-electron chi connectivity index (χ0n) is 12.7. The summed E-state index contributed by atoms with van der Waals surface area (Å²) in [5.41, 5.74) is 2.01. The number of likely N-dealkylation sites (N-methyl/N-ethyl adjacent to an activating group) is 1. The van der Waals surface area contributed by atoms with Crippen LogP contribution in [0.25, 0.3) is 0 Å². The minimum atomic E-state index is -2.98. The van der Waals surface area contributed by atoms with Gasteiger partial charge in [0.25, 0.3) is 0 Å². The number of nitrogens with one attached hydrogen (secondary N) is 1. The van der Waals surface area contributed by atoms with Crippen molar-refractivity contribution in [1.82, 2.24) is 4.90 Å². The van der Waals surface area contributed by atoms with Crippen LogP contribution in [0.1, 0.15) is 18.9 Å². The van der Waals surface area contributed by atoms with Gasteiger partial charge < -0.3 is 10.2 Å². The monoisotopic (exact) mass is 310 g/mol. The molecule has 1 aromatic rings. The van der Waals surface area contributed by atoms with E-state index in [9.17, 15) is 13.2 Å². The zero-order chi connectivity index (χ0) is 15.6. The number of carbonyl (C=O) groups excluding carboxylic acids is 1. The van der Waals surface area contributed by atoms with Crippen LogP contribution in [-0.4, -0.2) is 49.9 Å². The molecule has 2 atom stereocenters. The summed E-state index contributed by atoms with van der Waals surface area (Å²) in [6, 6.07) is 7.22. The summed E-state index contributed by atoms with van der Waals surface area (Å²) in [6.07, 6.45) is 0.530. The Balaban J connectivity index is 1.99. The molecule has 21 heavy (non-hydrogen) atoms. The molecular weight excluding hydrogens is 288 g/mol. The number of nitrogens with zero attached hydrogens (tertiary/aromatic N) is 1. The molecule has 116 valence electrons. The first kappa shape index (κ1) is 15.8. The number of benzene rings is 1. The Bertz CT molecular complexity index is 628. The third-order valence-electron chi connectivity index (χ3n) is 3.88. The molecule has 0 aromatic heterocycles. The van der Waals surface area contributed by atoms with E-state index < -0.39 is 9.84 Å². The fourth-order valence-corrected chi connectivity index (χ4v) is 4.39. The third kappa shape index (κ3) is 3.97. The normalized spacial score (nSPS) is 21.8. The van der Waals surface area contributed by atoms with Crippen LogP contribution < -0.4 is 5.32 Å². The van der Waals surface area contributed by atoms with Crippen molar-refractivity contribution in [3.8, 4) is 0 Å². The van der Waals surface area contributed by atoms with Gasteiger partial charge >= 0.3 is 0 Å². The van der Waals surface area contributed by atoms with E-state index in [1.807, 2.05) is 31.2 Å². The molecule has 5 nitrogen and oxygen atoms in total. The summed E-state index contributed by atoms with van der Waals surface area (Å²) >= 11 is 0. The van der Waals surface area contributed by atoms with Crippen LogP contribution in [0.5, 0.6) is 0 Å². The third-order valence-corrected chi connectivity index (χ3v) is 5.63. The molecule has 0 radical (unpaired) electrons. The van der Waals surface area contributed by atoms with E-state index in [4.69, 9.17) is 0 Å². The van der Waals surface area contributed by atoms with E-state index in [0.29, 0.717) is 6.42 Å². The Labute approximate surface area is 126 Å².